The number of methoxy groups -OCH3 is 1. The summed E-state index contributed by atoms with van der Waals surface area (Å²) >= 11 is 0. The average Bonchev–Trinajstić information content (AvgIpc) is 2.52. The lowest BCUT2D eigenvalue weighted by Gasteiger charge is -2.09. The van der Waals surface area contributed by atoms with Gasteiger partial charge in [-0.15, -0.1) is 0 Å². The van der Waals surface area contributed by atoms with Crippen LogP contribution in [0.4, 0.5) is 4.39 Å². The van der Waals surface area contributed by atoms with Gasteiger partial charge < -0.3 is 9.47 Å². The van der Waals surface area contributed by atoms with Gasteiger partial charge in [0.1, 0.15) is 17.3 Å². The fourth-order valence-electron chi connectivity index (χ4n) is 1.78. The largest absolute Gasteiger partial charge is 0.496 e. The third-order valence-electron chi connectivity index (χ3n) is 2.79. The first kappa shape index (κ1) is 14.5. The molecule has 21 heavy (non-hydrogen) atoms. The second-order valence-corrected chi connectivity index (χ2v) is 4.20. The number of nitriles is 1. The first-order valence-electron chi connectivity index (χ1n) is 6.13. The van der Waals surface area contributed by atoms with Crippen LogP contribution in [-0.4, -0.2) is 19.5 Å². The molecular weight excluding hydrogens is 273 g/mol. The molecule has 0 aliphatic rings. The number of halogens is 1. The molecule has 0 saturated carbocycles. The minimum atomic E-state index is -0.523. The summed E-state index contributed by atoms with van der Waals surface area (Å²) < 4.78 is 23.6. The standard InChI is InChI=1S/C16H12FNO3/c1-20-16-6-5-12(17)8-14(16)15(19)10-21-13-4-2-3-11(7-13)9-18/h2-8H,10H2,1H3. The van der Waals surface area contributed by atoms with E-state index < -0.39 is 11.6 Å². The normalized spacial score (nSPS) is 9.76. The van der Waals surface area contributed by atoms with Crippen LogP contribution < -0.4 is 9.47 Å². The van der Waals surface area contributed by atoms with Crippen LogP contribution in [0.1, 0.15) is 15.9 Å². The van der Waals surface area contributed by atoms with E-state index in [0.29, 0.717) is 11.3 Å². The first-order valence-corrected chi connectivity index (χ1v) is 6.13. The molecule has 0 heterocycles. The molecule has 0 aliphatic heterocycles. The van der Waals surface area contributed by atoms with E-state index in [2.05, 4.69) is 0 Å². The number of carbonyl (C=O) groups is 1. The van der Waals surface area contributed by atoms with Gasteiger partial charge in [0.15, 0.2) is 6.61 Å². The predicted octanol–water partition coefficient (Wildman–Crippen LogP) is 2.97. The van der Waals surface area contributed by atoms with Crippen LogP contribution in [0.3, 0.4) is 0 Å². The molecule has 0 bridgehead atoms. The van der Waals surface area contributed by atoms with E-state index in [1.165, 1.54) is 25.3 Å². The summed E-state index contributed by atoms with van der Waals surface area (Å²) in [6.45, 7) is -0.269. The van der Waals surface area contributed by atoms with Crippen LogP contribution in [-0.2, 0) is 0 Å². The van der Waals surface area contributed by atoms with Crippen molar-refractivity contribution in [3.63, 3.8) is 0 Å². The quantitative estimate of drug-likeness (QED) is 0.792. The predicted molar refractivity (Wildman–Crippen MR) is 73.9 cm³/mol. The lowest BCUT2D eigenvalue weighted by atomic mass is 10.1. The summed E-state index contributed by atoms with van der Waals surface area (Å²) in [5.41, 5.74) is 0.553. The van der Waals surface area contributed by atoms with Crippen molar-refractivity contribution in [1.82, 2.24) is 0 Å². The number of nitrogens with zero attached hydrogens (tertiary/aromatic N) is 1. The molecule has 106 valence electrons. The Kier molecular flexibility index (Phi) is 4.52. The smallest absolute Gasteiger partial charge is 0.204 e. The highest BCUT2D eigenvalue weighted by Crippen LogP contribution is 2.20. The second-order valence-electron chi connectivity index (χ2n) is 4.20. The van der Waals surface area contributed by atoms with Crippen molar-refractivity contribution in [2.75, 3.05) is 13.7 Å². The van der Waals surface area contributed by atoms with Gasteiger partial charge in [-0.3, -0.25) is 4.79 Å². The Morgan fingerprint density at radius 3 is 2.81 bits per heavy atom. The average molecular weight is 285 g/mol. The van der Waals surface area contributed by atoms with E-state index in [-0.39, 0.29) is 17.9 Å². The maximum absolute atomic E-state index is 13.2. The zero-order chi connectivity index (χ0) is 15.2. The Hall–Kier alpha value is -2.87. The molecule has 0 aliphatic carbocycles. The molecule has 0 atom stereocenters. The Morgan fingerprint density at radius 1 is 1.29 bits per heavy atom. The maximum atomic E-state index is 13.2. The van der Waals surface area contributed by atoms with Crippen LogP contribution in [0.5, 0.6) is 11.5 Å². The molecular formula is C16H12FNO3. The summed E-state index contributed by atoms with van der Waals surface area (Å²) in [6.07, 6.45) is 0. The Bertz CT molecular complexity index is 707. The molecule has 0 amide bonds. The highest BCUT2D eigenvalue weighted by Gasteiger charge is 2.14. The van der Waals surface area contributed by atoms with Crippen LogP contribution in [0, 0.1) is 17.1 Å². The van der Waals surface area contributed by atoms with Gasteiger partial charge in [0.05, 0.1) is 24.3 Å². The monoisotopic (exact) mass is 285 g/mol. The molecule has 0 unspecified atom stereocenters. The molecule has 2 aromatic carbocycles. The molecule has 5 heteroatoms. The summed E-state index contributed by atoms with van der Waals surface area (Å²) in [5.74, 6) is -0.243. The van der Waals surface area contributed by atoms with Gasteiger partial charge in [0.25, 0.3) is 0 Å². The summed E-state index contributed by atoms with van der Waals surface area (Å²) in [4.78, 5) is 12.1. The van der Waals surface area contributed by atoms with Crippen molar-refractivity contribution in [2.24, 2.45) is 0 Å². The van der Waals surface area contributed by atoms with E-state index in [4.69, 9.17) is 14.7 Å². The van der Waals surface area contributed by atoms with Crippen LogP contribution in [0.25, 0.3) is 0 Å². The molecule has 2 aromatic rings. The van der Waals surface area contributed by atoms with E-state index in [0.717, 1.165) is 6.07 Å². The van der Waals surface area contributed by atoms with Gasteiger partial charge in [-0.2, -0.15) is 5.26 Å². The van der Waals surface area contributed by atoms with Gasteiger partial charge in [0, 0.05) is 0 Å². The van der Waals surface area contributed by atoms with Crippen LogP contribution >= 0.6 is 0 Å². The first-order chi connectivity index (χ1) is 10.1. The number of ether oxygens (including phenoxy) is 2. The maximum Gasteiger partial charge on any atom is 0.204 e. The van der Waals surface area contributed by atoms with E-state index in [1.54, 1.807) is 18.2 Å². The van der Waals surface area contributed by atoms with Crippen molar-refractivity contribution in [3.8, 4) is 17.6 Å². The molecule has 0 radical (unpaired) electrons. The SMILES string of the molecule is COc1ccc(F)cc1C(=O)COc1cccc(C#N)c1. The molecule has 0 saturated heterocycles. The molecule has 0 fully saturated rings. The molecule has 2 rings (SSSR count). The van der Waals surface area contributed by atoms with Crippen molar-refractivity contribution in [2.45, 2.75) is 0 Å². The molecule has 0 N–H and O–H groups in total. The molecule has 4 nitrogen and oxygen atoms in total. The topological polar surface area (TPSA) is 59.3 Å². The number of ketones is 1. The van der Waals surface area contributed by atoms with E-state index in [1.807, 2.05) is 6.07 Å². The highest BCUT2D eigenvalue weighted by molar-refractivity contribution is 5.99. The molecule has 0 spiro atoms. The minimum absolute atomic E-state index is 0.119. The number of hydrogen-bond acceptors (Lipinski definition) is 4. The highest BCUT2D eigenvalue weighted by atomic mass is 19.1. The third kappa shape index (κ3) is 3.57. The Balaban J connectivity index is 2.11. The van der Waals surface area contributed by atoms with E-state index >= 15 is 0 Å². The van der Waals surface area contributed by atoms with Crippen molar-refractivity contribution in [1.29, 1.82) is 5.26 Å². The zero-order valence-corrected chi connectivity index (χ0v) is 11.3. The zero-order valence-electron chi connectivity index (χ0n) is 11.3. The van der Waals surface area contributed by atoms with Crippen LogP contribution in [0.15, 0.2) is 42.5 Å². The number of rotatable bonds is 5. The number of benzene rings is 2. The van der Waals surface area contributed by atoms with Crippen molar-refractivity contribution in [3.05, 3.63) is 59.4 Å². The number of Topliss-reactive ketones (excluding diaryl/α,β-unsaturated/α-hetero) is 1. The van der Waals surface area contributed by atoms with Gasteiger partial charge >= 0.3 is 0 Å². The lowest BCUT2D eigenvalue weighted by molar-refractivity contribution is 0.0918. The Labute approximate surface area is 121 Å². The fraction of sp³-hybridized carbons (Fsp3) is 0.125. The summed E-state index contributed by atoms with van der Waals surface area (Å²) in [7, 11) is 1.40. The van der Waals surface area contributed by atoms with Crippen molar-refractivity contribution < 1.29 is 18.7 Å². The van der Waals surface area contributed by atoms with E-state index in [9.17, 15) is 9.18 Å². The fourth-order valence-corrected chi connectivity index (χ4v) is 1.78. The number of carbonyl (C=O) groups excluding carboxylic acids is 1. The third-order valence-corrected chi connectivity index (χ3v) is 2.79. The molecule has 0 aromatic heterocycles. The summed E-state index contributed by atoms with van der Waals surface area (Å²) in [6, 6.07) is 12.1. The minimum Gasteiger partial charge on any atom is -0.496 e. The summed E-state index contributed by atoms with van der Waals surface area (Å²) in [5, 5.41) is 8.79. The van der Waals surface area contributed by atoms with Crippen molar-refractivity contribution >= 4 is 5.78 Å². The number of hydrogen-bond donors (Lipinski definition) is 0. The van der Waals surface area contributed by atoms with Gasteiger partial charge in [-0.05, 0) is 36.4 Å². The lowest BCUT2D eigenvalue weighted by Crippen LogP contribution is -2.13. The van der Waals surface area contributed by atoms with Crippen LogP contribution in [0.2, 0.25) is 0 Å². The van der Waals surface area contributed by atoms with Gasteiger partial charge in [-0.25, -0.2) is 4.39 Å². The second kappa shape index (κ2) is 6.53. The Morgan fingerprint density at radius 2 is 2.10 bits per heavy atom. The van der Waals surface area contributed by atoms with Gasteiger partial charge in [0.2, 0.25) is 5.78 Å². The van der Waals surface area contributed by atoms with Gasteiger partial charge in [-0.1, -0.05) is 6.07 Å².